The van der Waals surface area contributed by atoms with Gasteiger partial charge in [-0.1, -0.05) is 42.5 Å². The first-order valence-electron chi connectivity index (χ1n) is 5.71. The second-order valence-corrected chi connectivity index (χ2v) is 5.32. The molecule has 4 heteroatoms. The highest BCUT2D eigenvalue weighted by molar-refractivity contribution is 14.1. The van der Waals surface area contributed by atoms with Crippen LogP contribution in [-0.2, 0) is 15.1 Å². The molecule has 0 aliphatic rings. The van der Waals surface area contributed by atoms with Crippen molar-refractivity contribution in [1.29, 1.82) is 0 Å². The van der Waals surface area contributed by atoms with E-state index in [-0.39, 0.29) is 0 Å². The van der Waals surface area contributed by atoms with Crippen LogP contribution >= 0.6 is 22.6 Å². The van der Waals surface area contributed by atoms with Crippen LogP contribution in [0, 0.1) is 3.57 Å². The number of ether oxygens (including phenoxy) is 1. The molecule has 0 fully saturated rings. The van der Waals surface area contributed by atoms with Crippen molar-refractivity contribution in [3.63, 3.8) is 0 Å². The molecule has 98 valence electrons. The van der Waals surface area contributed by atoms with Gasteiger partial charge in [-0.25, -0.2) is 4.79 Å². The van der Waals surface area contributed by atoms with Crippen LogP contribution < -0.4 is 0 Å². The van der Waals surface area contributed by atoms with Gasteiger partial charge in [0.2, 0.25) is 5.60 Å². The van der Waals surface area contributed by atoms with Crippen LogP contribution in [0.25, 0.3) is 0 Å². The number of aliphatic hydroxyl groups is 1. The summed E-state index contributed by atoms with van der Waals surface area (Å²) in [6, 6.07) is 15.9. The molecule has 1 unspecified atom stereocenters. The van der Waals surface area contributed by atoms with E-state index in [4.69, 9.17) is 4.74 Å². The van der Waals surface area contributed by atoms with Gasteiger partial charge < -0.3 is 9.84 Å². The summed E-state index contributed by atoms with van der Waals surface area (Å²) >= 11 is 2.17. The summed E-state index contributed by atoms with van der Waals surface area (Å²) in [4.78, 5) is 12.0. The van der Waals surface area contributed by atoms with Crippen LogP contribution in [0.15, 0.2) is 54.6 Å². The lowest BCUT2D eigenvalue weighted by molar-refractivity contribution is -0.158. The Morgan fingerprint density at radius 1 is 1.05 bits per heavy atom. The average molecular weight is 368 g/mol. The molecule has 0 aliphatic heterocycles. The topological polar surface area (TPSA) is 46.5 Å². The lowest BCUT2D eigenvalue weighted by atomic mass is 9.86. The minimum absolute atomic E-state index is 0.489. The highest BCUT2D eigenvalue weighted by Gasteiger charge is 2.41. The molecule has 0 aromatic heterocycles. The maximum Gasteiger partial charge on any atom is 0.347 e. The molecule has 2 aromatic carbocycles. The van der Waals surface area contributed by atoms with E-state index < -0.39 is 11.6 Å². The Bertz CT molecular complexity index is 566. The molecular formula is C15H13IO3. The van der Waals surface area contributed by atoms with Gasteiger partial charge in [-0.05, 0) is 45.9 Å². The van der Waals surface area contributed by atoms with Gasteiger partial charge in [-0.2, -0.15) is 0 Å². The van der Waals surface area contributed by atoms with Gasteiger partial charge in [0.25, 0.3) is 0 Å². The van der Waals surface area contributed by atoms with E-state index in [9.17, 15) is 9.90 Å². The van der Waals surface area contributed by atoms with Crippen molar-refractivity contribution >= 4 is 28.6 Å². The third kappa shape index (κ3) is 2.64. The second-order valence-electron chi connectivity index (χ2n) is 4.07. The molecule has 0 bridgehead atoms. The number of benzene rings is 2. The van der Waals surface area contributed by atoms with Crippen LogP contribution in [0.3, 0.4) is 0 Å². The molecule has 0 aliphatic carbocycles. The number of methoxy groups -OCH3 is 1. The van der Waals surface area contributed by atoms with Gasteiger partial charge >= 0.3 is 5.97 Å². The van der Waals surface area contributed by atoms with Crippen LogP contribution in [0.4, 0.5) is 0 Å². The largest absolute Gasteiger partial charge is 0.466 e. The summed E-state index contributed by atoms with van der Waals surface area (Å²) in [5.74, 6) is -0.695. The molecule has 0 heterocycles. The van der Waals surface area contributed by atoms with Crippen LogP contribution in [0.2, 0.25) is 0 Å². The van der Waals surface area contributed by atoms with Gasteiger partial charge in [0.15, 0.2) is 0 Å². The smallest absolute Gasteiger partial charge is 0.347 e. The standard InChI is InChI=1S/C15H13IO3/c1-19-14(17)15(18,11-5-3-2-4-6-11)12-7-9-13(16)10-8-12/h2-10,18H,1H3. The Hall–Kier alpha value is -1.40. The predicted molar refractivity (Wildman–Crippen MR) is 80.6 cm³/mol. The zero-order valence-corrected chi connectivity index (χ0v) is 12.5. The van der Waals surface area contributed by atoms with E-state index in [0.717, 1.165) is 3.57 Å². The van der Waals surface area contributed by atoms with Crippen molar-refractivity contribution < 1.29 is 14.6 Å². The van der Waals surface area contributed by atoms with Crippen molar-refractivity contribution in [2.45, 2.75) is 5.60 Å². The third-order valence-electron chi connectivity index (χ3n) is 2.93. The number of hydrogen-bond acceptors (Lipinski definition) is 3. The summed E-state index contributed by atoms with van der Waals surface area (Å²) in [5, 5.41) is 10.8. The zero-order chi connectivity index (χ0) is 13.9. The molecule has 1 N–H and O–H groups in total. The fourth-order valence-corrected chi connectivity index (χ4v) is 2.28. The average Bonchev–Trinajstić information content (AvgIpc) is 2.47. The minimum atomic E-state index is -1.78. The van der Waals surface area contributed by atoms with Crippen molar-refractivity contribution in [1.82, 2.24) is 0 Å². The van der Waals surface area contributed by atoms with Crippen molar-refractivity contribution in [3.8, 4) is 0 Å². The number of carbonyl (C=O) groups excluding carboxylic acids is 1. The van der Waals surface area contributed by atoms with E-state index in [1.807, 2.05) is 18.2 Å². The summed E-state index contributed by atoms with van der Waals surface area (Å²) < 4.78 is 5.79. The second kappa shape index (κ2) is 5.71. The molecule has 1 atom stereocenters. The third-order valence-corrected chi connectivity index (χ3v) is 3.65. The number of rotatable bonds is 3. The number of hydrogen-bond donors (Lipinski definition) is 1. The lowest BCUT2D eigenvalue weighted by Crippen LogP contribution is -2.38. The number of carbonyl (C=O) groups is 1. The molecule has 0 spiro atoms. The SMILES string of the molecule is COC(=O)C(O)(c1ccccc1)c1ccc(I)cc1. The van der Waals surface area contributed by atoms with Crippen LogP contribution in [-0.4, -0.2) is 18.2 Å². The summed E-state index contributed by atoms with van der Waals surface area (Å²) in [5.41, 5.74) is -0.797. The molecular weight excluding hydrogens is 355 g/mol. The highest BCUT2D eigenvalue weighted by atomic mass is 127. The number of halogens is 1. The molecule has 0 amide bonds. The Labute approximate surface area is 125 Å². The molecule has 3 nitrogen and oxygen atoms in total. The van der Waals surface area contributed by atoms with Gasteiger partial charge in [0, 0.05) is 3.57 Å². The van der Waals surface area contributed by atoms with Crippen molar-refractivity contribution in [2.24, 2.45) is 0 Å². The Balaban J connectivity index is 2.58. The van der Waals surface area contributed by atoms with E-state index >= 15 is 0 Å². The Kier molecular flexibility index (Phi) is 4.21. The molecule has 0 saturated carbocycles. The molecule has 19 heavy (non-hydrogen) atoms. The van der Waals surface area contributed by atoms with Gasteiger partial charge in [0.1, 0.15) is 0 Å². The normalized spacial score (nSPS) is 13.6. The number of esters is 1. The molecule has 2 aromatic rings. The van der Waals surface area contributed by atoms with E-state index in [1.165, 1.54) is 7.11 Å². The first kappa shape index (κ1) is 14.0. The van der Waals surface area contributed by atoms with Crippen molar-refractivity contribution in [2.75, 3.05) is 7.11 Å². The summed E-state index contributed by atoms with van der Waals surface area (Å²) in [7, 11) is 1.27. The maximum atomic E-state index is 12.0. The van der Waals surface area contributed by atoms with Gasteiger partial charge in [-0.3, -0.25) is 0 Å². The lowest BCUT2D eigenvalue weighted by Gasteiger charge is -2.26. The molecule has 0 radical (unpaired) electrons. The first-order chi connectivity index (χ1) is 9.09. The van der Waals surface area contributed by atoms with Gasteiger partial charge in [-0.15, -0.1) is 0 Å². The maximum absolute atomic E-state index is 12.0. The Morgan fingerprint density at radius 3 is 2.11 bits per heavy atom. The van der Waals surface area contributed by atoms with E-state index in [0.29, 0.717) is 11.1 Å². The van der Waals surface area contributed by atoms with Crippen molar-refractivity contribution in [3.05, 3.63) is 69.3 Å². The quantitative estimate of drug-likeness (QED) is 0.670. The zero-order valence-electron chi connectivity index (χ0n) is 10.3. The fourth-order valence-electron chi connectivity index (χ4n) is 1.92. The monoisotopic (exact) mass is 368 g/mol. The van der Waals surface area contributed by atoms with Crippen LogP contribution in [0.1, 0.15) is 11.1 Å². The first-order valence-corrected chi connectivity index (χ1v) is 6.79. The molecule has 0 saturated heterocycles. The van der Waals surface area contributed by atoms with E-state index in [2.05, 4.69) is 22.6 Å². The van der Waals surface area contributed by atoms with Gasteiger partial charge in [0.05, 0.1) is 7.11 Å². The molecule has 2 rings (SSSR count). The highest BCUT2D eigenvalue weighted by Crippen LogP contribution is 2.31. The fraction of sp³-hybridized carbons (Fsp3) is 0.133. The van der Waals surface area contributed by atoms with Crippen LogP contribution in [0.5, 0.6) is 0 Å². The summed E-state index contributed by atoms with van der Waals surface area (Å²) in [6.07, 6.45) is 0. The predicted octanol–water partition coefficient (Wildman–Crippen LogP) is 2.70. The summed E-state index contributed by atoms with van der Waals surface area (Å²) in [6.45, 7) is 0. The Morgan fingerprint density at radius 2 is 1.58 bits per heavy atom. The van der Waals surface area contributed by atoms with E-state index in [1.54, 1.807) is 36.4 Å². The minimum Gasteiger partial charge on any atom is -0.466 e.